The van der Waals surface area contributed by atoms with Gasteiger partial charge in [0.25, 0.3) is 0 Å². The van der Waals surface area contributed by atoms with Gasteiger partial charge in [-0.3, -0.25) is 0 Å². The SMILES string of the molecule is CC(O)COC(C)CO.CCC(C)O. The van der Waals surface area contributed by atoms with Crippen molar-refractivity contribution in [3.05, 3.63) is 0 Å². The second-order valence-electron chi connectivity index (χ2n) is 3.43. The zero-order valence-corrected chi connectivity index (χ0v) is 9.60. The van der Waals surface area contributed by atoms with Crippen LogP contribution in [0.2, 0.25) is 0 Å². The Bertz CT molecular complexity index is 104. The first kappa shape index (κ1) is 16.3. The molecule has 0 rings (SSSR count). The quantitative estimate of drug-likeness (QED) is 0.617. The lowest BCUT2D eigenvalue weighted by atomic mass is 10.3. The second kappa shape index (κ2) is 10.9. The van der Waals surface area contributed by atoms with E-state index in [0.717, 1.165) is 6.42 Å². The fourth-order valence-electron chi connectivity index (χ4n) is 0.356. The van der Waals surface area contributed by atoms with Crippen LogP contribution >= 0.6 is 0 Å². The third kappa shape index (κ3) is 17.8. The molecule has 3 atom stereocenters. The average Bonchev–Trinajstić information content (AvgIpc) is 2.14. The molecule has 4 nitrogen and oxygen atoms in total. The molecule has 0 aromatic rings. The molecule has 4 heteroatoms. The fourth-order valence-corrected chi connectivity index (χ4v) is 0.356. The van der Waals surface area contributed by atoms with Crippen LogP contribution in [-0.4, -0.2) is 46.8 Å². The summed E-state index contributed by atoms with van der Waals surface area (Å²) in [6.45, 7) is 7.42. The van der Waals surface area contributed by atoms with Crippen LogP contribution in [0.5, 0.6) is 0 Å². The molecule has 0 amide bonds. The molecule has 0 radical (unpaired) electrons. The Morgan fingerprint density at radius 3 is 1.71 bits per heavy atom. The van der Waals surface area contributed by atoms with Crippen LogP contribution in [0.25, 0.3) is 0 Å². The average molecular weight is 208 g/mol. The number of hydrogen-bond donors (Lipinski definition) is 3. The molecule has 88 valence electrons. The molecule has 0 aromatic carbocycles. The highest BCUT2D eigenvalue weighted by Gasteiger charge is 2.00. The molecule has 0 aromatic heterocycles. The van der Waals surface area contributed by atoms with E-state index < -0.39 is 6.10 Å². The van der Waals surface area contributed by atoms with Gasteiger partial charge in [0.05, 0.1) is 31.5 Å². The van der Waals surface area contributed by atoms with Crippen molar-refractivity contribution in [2.75, 3.05) is 13.2 Å². The van der Waals surface area contributed by atoms with Crippen molar-refractivity contribution >= 4 is 0 Å². The summed E-state index contributed by atoms with van der Waals surface area (Å²) in [7, 11) is 0. The van der Waals surface area contributed by atoms with E-state index in [1.807, 2.05) is 6.92 Å². The Hall–Kier alpha value is -0.160. The highest BCUT2D eigenvalue weighted by atomic mass is 16.5. The highest BCUT2D eigenvalue weighted by Crippen LogP contribution is 1.90. The summed E-state index contributed by atoms with van der Waals surface area (Å²) < 4.78 is 4.95. The first-order valence-corrected chi connectivity index (χ1v) is 5.02. The van der Waals surface area contributed by atoms with Crippen molar-refractivity contribution in [2.45, 2.75) is 52.4 Å². The van der Waals surface area contributed by atoms with Crippen LogP contribution in [0.4, 0.5) is 0 Å². The van der Waals surface area contributed by atoms with Crippen LogP contribution in [0.3, 0.4) is 0 Å². The molecule has 0 aliphatic rings. The molecule has 0 spiro atoms. The molecular weight excluding hydrogens is 184 g/mol. The van der Waals surface area contributed by atoms with Gasteiger partial charge >= 0.3 is 0 Å². The Morgan fingerprint density at radius 1 is 1.07 bits per heavy atom. The topological polar surface area (TPSA) is 69.9 Å². The lowest BCUT2D eigenvalue weighted by molar-refractivity contribution is -0.0177. The van der Waals surface area contributed by atoms with Gasteiger partial charge in [0.15, 0.2) is 0 Å². The first-order valence-electron chi connectivity index (χ1n) is 5.02. The summed E-state index contributed by atoms with van der Waals surface area (Å²) in [5.41, 5.74) is 0. The van der Waals surface area contributed by atoms with Gasteiger partial charge in [-0.2, -0.15) is 0 Å². The highest BCUT2D eigenvalue weighted by molar-refractivity contribution is 4.47. The third-order valence-corrected chi connectivity index (χ3v) is 1.47. The van der Waals surface area contributed by atoms with E-state index in [0.29, 0.717) is 6.61 Å². The Morgan fingerprint density at radius 2 is 1.50 bits per heavy atom. The van der Waals surface area contributed by atoms with Crippen molar-refractivity contribution in [1.82, 2.24) is 0 Å². The molecular formula is C10H24O4. The molecule has 0 bridgehead atoms. The minimum atomic E-state index is -0.445. The maximum atomic E-state index is 8.69. The van der Waals surface area contributed by atoms with Crippen molar-refractivity contribution in [3.63, 3.8) is 0 Å². The smallest absolute Gasteiger partial charge is 0.0779 e. The molecule has 3 N–H and O–H groups in total. The Balaban J connectivity index is 0. The van der Waals surface area contributed by atoms with E-state index in [1.54, 1.807) is 20.8 Å². The van der Waals surface area contributed by atoms with Crippen molar-refractivity contribution in [3.8, 4) is 0 Å². The lowest BCUT2D eigenvalue weighted by Gasteiger charge is -2.10. The van der Waals surface area contributed by atoms with Gasteiger partial charge in [0, 0.05) is 0 Å². The Kier molecular flexibility index (Phi) is 12.7. The van der Waals surface area contributed by atoms with Crippen molar-refractivity contribution in [2.24, 2.45) is 0 Å². The maximum Gasteiger partial charge on any atom is 0.0779 e. The van der Waals surface area contributed by atoms with E-state index in [-0.39, 0.29) is 18.8 Å². The summed E-state index contributed by atoms with van der Waals surface area (Å²) in [5.74, 6) is 0. The molecule has 0 heterocycles. The molecule has 0 aliphatic heterocycles. The first-order chi connectivity index (χ1) is 6.43. The molecule has 0 saturated carbocycles. The minimum Gasteiger partial charge on any atom is -0.394 e. The number of rotatable bonds is 5. The van der Waals surface area contributed by atoms with Gasteiger partial charge in [0.1, 0.15) is 0 Å². The van der Waals surface area contributed by atoms with E-state index in [9.17, 15) is 0 Å². The van der Waals surface area contributed by atoms with E-state index in [1.165, 1.54) is 0 Å². The number of ether oxygens (including phenoxy) is 1. The normalized spacial score (nSPS) is 16.5. The van der Waals surface area contributed by atoms with Gasteiger partial charge in [-0.05, 0) is 27.2 Å². The van der Waals surface area contributed by atoms with Gasteiger partial charge in [-0.25, -0.2) is 0 Å². The number of hydrogen-bond acceptors (Lipinski definition) is 4. The molecule has 3 unspecified atom stereocenters. The van der Waals surface area contributed by atoms with E-state index >= 15 is 0 Å². The van der Waals surface area contributed by atoms with Gasteiger partial charge in [-0.1, -0.05) is 6.92 Å². The molecule has 0 fully saturated rings. The number of aliphatic hydroxyl groups excluding tert-OH is 3. The van der Waals surface area contributed by atoms with Crippen LogP contribution in [-0.2, 0) is 4.74 Å². The summed E-state index contributed by atoms with van der Waals surface area (Å²) in [6, 6.07) is 0. The van der Waals surface area contributed by atoms with Gasteiger partial charge < -0.3 is 20.1 Å². The summed E-state index contributed by atoms with van der Waals surface area (Å²) in [4.78, 5) is 0. The Labute approximate surface area is 86.5 Å². The lowest BCUT2D eigenvalue weighted by Crippen LogP contribution is -2.19. The number of aliphatic hydroxyl groups is 3. The molecule has 14 heavy (non-hydrogen) atoms. The zero-order chi connectivity index (χ0) is 11.6. The van der Waals surface area contributed by atoms with Crippen molar-refractivity contribution < 1.29 is 20.1 Å². The van der Waals surface area contributed by atoms with E-state index in [4.69, 9.17) is 20.1 Å². The zero-order valence-electron chi connectivity index (χ0n) is 9.60. The molecule has 0 saturated heterocycles. The predicted molar refractivity (Wildman–Crippen MR) is 56.2 cm³/mol. The summed E-state index contributed by atoms with van der Waals surface area (Å²) in [5, 5.41) is 25.5. The van der Waals surface area contributed by atoms with Gasteiger partial charge in [0.2, 0.25) is 0 Å². The third-order valence-electron chi connectivity index (χ3n) is 1.47. The summed E-state index contributed by atoms with van der Waals surface area (Å²) in [6.07, 6.45) is 0.133. The second-order valence-corrected chi connectivity index (χ2v) is 3.43. The standard InChI is InChI=1S/C6H14O3.C4H10O/c1-5(8)4-9-6(2)3-7;1-3-4(2)5/h5-8H,3-4H2,1-2H3;4-5H,3H2,1-2H3. The van der Waals surface area contributed by atoms with Gasteiger partial charge in [-0.15, -0.1) is 0 Å². The van der Waals surface area contributed by atoms with Crippen LogP contribution in [0.15, 0.2) is 0 Å². The molecule has 0 aliphatic carbocycles. The predicted octanol–water partition coefficient (Wildman–Crippen LogP) is 0.542. The monoisotopic (exact) mass is 208 g/mol. The summed E-state index contributed by atoms with van der Waals surface area (Å²) >= 11 is 0. The maximum absolute atomic E-state index is 8.69. The largest absolute Gasteiger partial charge is 0.394 e. The van der Waals surface area contributed by atoms with Crippen LogP contribution in [0, 0.1) is 0 Å². The van der Waals surface area contributed by atoms with E-state index in [2.05, 4.69) is 0 Å². The minimum absolute atomic E-state index is 0.00667. The van der Waals surface area contributed by atoms with Crippen LogP contribution < -0.4 is 0 Å². The fraction of sp³-hybridized carbons (Fsp3) is 1.00. The van der Waals surface area contributed by atoms with Crippen molar-refractivity contribution in [1.29, 1.82) is 0 Å². The van der Waals surface area contributed by atoms with Crippen LogP contribution in [0.1, 0.15) is 34.1 Å².